The Balaban J connectivity index is 2.08. The Morgan fingerprint density at radius 3 is 2.50 bits per heavy atom. The van der Waals surface area contributed by atoms with Crippen molar-refractivity contribution >= 4 is 21.8 Å². The Morgan fingerprint density at radius 1 is 1.44 bits per heavy atom. The molecule has 0 saturated heterocycles. The maximum absolute atomic E-state index is 11.7. The summed E-state index contributed by atoms with van der Waals surface area (Å²) in [6.07, 6.45) is -2.32. The zero-order chi connectivity index (χ0) is 12.2. The molecular formula is C9H13BrF3NO2. The normalized spacial score (nSPS) is 18.2. The van der Waals surface area contributed by atoms with Gasteiger partial charge in [0, 0.05) is 11.9 Å². The molecule has 0 aliphatic heterocycles. The van der Waals surface area contributed by atoms with Gasteiger partial charge in [-0.2, -0.15) is 13.2 Å². The van der Waals surface area contributed by atoms with Gasteiger partial charge in [0.1, 0.15) is 13.2 Å². The average Bonchev–Trinajstić information content (AvgIpc) is 2.93. The third-order valence-corrected chi connectivity index (χ3v) is 3.59. The molecule has 0 aromatic rings. The molecule has 0 aromatic carbocycles. The zero-order valence-corrected chi connectivity index (χ0v) is 10.2. The maximum atomic E-state index is 11.7. The molecule has 16 heavy (non-hydrogen) atoms. The molecule has 7 heteroatoms. The smallest absolute Gasteiger partial charge is 0.362 e. The molecule has 0 unspecified atom stereocenters. The van der Waals surface area contributed by atoms with Crippen molar-refractivity contribution in [3.8, 4) is 0 Å². The van der Waals surface area contributed by atoms with Crippen LogP contribution in [-0.2, 0) is 9.53 Å². The SMILES string of the molecule is O=C(COCC(F)(F)F)NCC1(CBr)CC1. The predicted molar refractivity (Wildman–Crippen MR) is 55.3 cm³/mol. The van der Waals surface area contributed by atoms with E-state index in [0.29, 0.717) is 6.54 Å². The lowest BCUT2D eigenvalue weighted by molar-refractivity contribution is -0.175. The van der Waals surface area contributed by atoms with Crippen molar-refractivity contribution in [1.82, 2.24) is 5.32 Å². The van der Waals surface area contributed by atoms with Crippen molar-refractivity contribution in [1.29, 1.82) is 0 Å². The fourth-order valence-electron chi connectivity index (χ4n) is 1.13. The van der Waals surface area contributed by atoms with E-state index in [2.05, 4.69) is 26.0 Å². The number of hydrogen-bond donors (Lipinski definition) is 1. The highest BCUT2D eigenvalue weighted by Gasteiger charge is 2.41. The lowest BCUT2D eigenvalue weighted by Crippen LogP contribution is -2.34. The van der Waals surface area contributed by atoms with Gasteiger partial charge in [0.15, 0.2) is 0 Å². The van der Waals surface area contributed by atoms with E-state index in [-0.39, 0.29) is 5.41 Å². The number of carbonyl (C=O) groups is 1. The van der Waals surface area contributed by atoms with Gasteiger partial charge in [-0.25, -0.2) is 0 Å². The summed E-state index contributed by atoms with van der Waals surface area (Å²) in [4.78, 5) is 11.1. The number of carbonyl (C=O) groups excluding carboxylic acids is 1. The van der Waals surface area contributed by atoms with Gasteiger partial charge in [0.25, 0.3) is 0 Å². The Morgan fingerprint density at radius 2 is 2.06 bits per heavy atom. The number of rotatable bonds is 6. The third-order valence-electron chi connectivity index (χ3n) is 2.40. The van der Waals surface area contributed by atoms with Crippen LogP contribution in [0, 0.1) is 5.41 Å². The van der Waals surface area contributed by atoms with E-state index in [4.69, 9.17) is 0 Å². The van der Waals surface area contributed by atoms with Crippen molar-refractivity contribution in [3.63, 3.8) is 0 Å². The van der Waals surface area contributed by atoms with Gasteiger partial charge in [-0.05, 0) is 18.3 Å². The molecule has 0 atom stereocenters. The minimum Gasteiger partial charge on any atom is -0.362 e. The lowest BCUT2D eigenvalue weighted by Gasteiger charge is -2.13. The summed E-state index contributed by atoms with van der Waals surface area (Å²) >= 11 is 3.33. The number of amides is 1. The van der Waals surface area contributed by atoms with Crippen LogP contribution in [0.4, 0.5) is 13.2 Å². The van der Waals surface area contributed by atoms with Crippen molar-refractivity contribution < 1.29 is 22.7 Å². The standard InChI is InChI=1S/C9H13BrF3NO2/c10-4-8(1-2-8)5-14-7(15)3-16-6-9(11,12)13/h1-6H2,(H,14,15). The van der Waals surface area contributed by atoms with E-state index in [0.717, 1.165) is 18.2 Å². The second-order valence-corrected chi connectivity index (χ2v) is 4.58. The van der Waals surface area contributed by atoms with Crippen LogP contribution in [0.2, 0.25) is 0 Å². The van der Waals surface area contributed by atoms with Gasteiger partial charge in [-0.3, -0.25) is 4.79 Å². The molecule has 1 amide bonds. The number of hydrogen-bond acceptors (Lipinski definition) is 2. The molecule has 0 bridgehead atoms. The largest absolute Gasteiger partial charge is 0.411 e. The van der Waals surface area contributed by atoms with Gasteiger partial charge < -0.3 is 10.1 Å². The molecule has 1 aliphatic rings. The molecule has 94 valence electrons. The second-order valence-electron chi connectivity index (χ2n) is 4.02. The first-order chi connectivity index (χ1) is 7.37. The third kappa shape index (κ3) is 5.16. The first-order valence-corrected chi connectivity index (χ1v) is 5.96. The van der Waals surface area contributed by atoms with Crippen LogP contribution >= 0.6 is 15.9 Å². The van der Waals surface area contributed by atoms with Crippen LogP contribution in [0.5, 0.6) is 0 Å². The van der Waals surface area contributed by atoms with E-state index in [1.54, 1.807) is 0 Å². The fourth-order valence-corrected chi connectivity index (χ4v) is 1.89. The van der Waals surface area contributed by atoms with Gasteiger partial charge in [-0.15, -0.1) is 0 Å². The van der Waals surface area contributed by atoms with Gasteiger partial charge in [0.2, 0.25) is 5.91 Å². The Hall–Kier alpha value is -0.300. The molecule has 1 fully saturated rings. The molecule has 0 heterocycles. The van der Waals surface area contributed by atoms with E-state index in [1.807, 2.05) is 0 Å². The summed E-state index contributed by atoms with van der Waals surface area (Å²) < 4.78 is 39.3. The van der Waals surface area contributed by atoms with Crippen LogP contribution in [0.3, 0.4) is 0 Å². The number of alkyl halides is 4. The Bertz CT molecular complexity index is 254. The number of ether oxygens (including phenoxy) is 1. The zero-order valence-electron chi connectivity index (χ0n) is 8.57. The highest BCUT2D eigenvalue weighted by molar-refractivity contribution is 9.09. The molecule has 1 saturated carbocycles. The first kappa shape index (κ1) is 13.8. The molecule has 1 N–H and O–H groups in total. The van der Waals surface area contributed by atoms with E-state index in [1.165, 1.54) is 0 Å². The van der Waals surface area contributed by atoms with E-state index in [9.17, 15) is 18.0 Å². The topological polar surface area (TPSA) is 38.3 Å². The Kier molecular flexibility index (Phi) is 4.61. The summed E-state index contributed by atoms with van der Waals surface area (Å²) in [7, 11) is 0. The van der Waals surface area contributed by atoms with Crippen LogP contribution in [-0.4, -0.2) is 37.2 Å². The summed E-state index contributed by atoms with van der Waals surface area (Å²) in [6, 6.07) is 0. The summed E-state index contributed by atoms with van der Waals surface area (Å²) in [5.41, 5.74) is 0.111. The molecule has 1 aliphatic carbocycles. The molecule has 0 spiro atoms. The van der Waals surface area contributed by atoms with Gasteiger partial charge in [-0.1, -0.05) is 15.9 Å². The second kappa shape index (κ2) is 5.35. The highest BCUT2D eigenvalue weighted by atomic mass is 79.9. The monoisotopic (exact) mass is 303 g/mol. The minimum absolute atomic E-state index is 0.111. The van der Waals surface area contributed by atoms with Crippen LogP contribution in [0.1, 0.15) is 12.8 Å². The molecule has 1 rings (SSSR count). The summed E-state index contributed by atoms with van der Waals surface area (Å²) in [5, 5.41) is 3.36. The van der Waals surface area contributed by atoms with Crippen molar-refractivity contribution in [2.75, 3.05) is 25.1 Å². The van der Waals surface area contributed by atoms with Gasteiger partial charge >= 0.3 is 6.18 Å². The van der Waals surface area contributed by atoms with Crippen LogP contribution in [0.25, 0.3) is 0 Å². The van der Waals surface area contributed by atoms with E-state index >= 15 is 0 Å². The maximum Gasteiger partial charge on any atom is 0.411 e. The molecule has 0 aromatic heterocycles. The van der Waals surface area contributed by atoms with Crippen molar-refractivity contribution in [2.45, 2.75) is 19.0 Å². The predicted octanol–water partition coefficient (Wildman–Crippen LogP) is 1.86. The fraction of sp³-hybridized carbons (Fsp3) is 0.889. The Labute approximate surface area is 99.8 Å². The first-order valence-electron chi connectivity index (χ1n) is 4.84. The summed E-state index contributed by atoms with van der Waals surface area (Å²) in [6.45, 7) is -1.44. The van der Waals surface area contributed by atoms with Crippen LogP contribution in [0.15, 0.2) is 0 Å². The van der Waals surface area contributed by atoms with Crippen molar-refractivity contribution in [3.05, 3.63) is 0 Å². The number of nitrogens with one attached hydrogen (secondary N) is 1. The van der Waals surface area contributed by atoms with Crippen molar-refractivity contribution in [2.24, 2.45) is 5.41 Å². The molecule has 3 nitrogen and oxygen atoms in total. The summed E-state index contributed by atoms with van der Waals surface area (Å²) in [5.74, 6) is -0.503. The van der Waals surface area contributed by atoms with E-state index < -0.39 is 25.3 Å². The van der Waals surface area contributed by atoms with Crippen LogP contribution < -0.4 is 5.32 Å². The average molecular weight is 304 g/mol. The quantitative estimate of drug-likeness (QED) is 0.761. The highest BCUT2D eigenvalue weighted by Crippen LogP contribution is 2.46. The van der Waals surface area contributed by atoms with Gasteiger partial charge in [0.05, 0.1) is 0 Å². The molecule has 0 radical (unpaired) electrons. The minimum atomic E-state index is -4.38. The number of halogens is 4. The lowest BCUT2D eigenvalue weighted by atomic mass is 10.1. The molecular weight excluding hydrogens is 291 g/mol.